The monoisotopic (exact) mass is 891 g/mol. The third-order valence-corrected chi connectivity index (χ3v) is 12.0. The van der Waals surface area contributed by atoms with Crippen molar-refractivity contribution in [3.05, 3.63) is 0 Å². The van der Waals surface area contributed by atoms with E-state index in [2.05, 4.69) is 20.8 Å². The van der Waals surface area contributed by atoms with Crippen molar-refractivity contribution >= 4 is 55.6 Å². The molecule has 1 N–H and O–H groups in total. The summed E-state index contributed by atoms with van der Waals surface area (Å²) in [6.07, 6.45) is 59.9. The summed E-state index contributed by atoms with van der Waals surface area (Å²) in [7, 11) is 0. The van der Waals surface area contributed by atoms with Crippen LogP contribution in [0.2, 0.25) is 0 Å². The molecule has 0 unspecified atom stereocenters. The van der Waals surface area contributed by atoms with Gasteiger partial charge in [0.1, 0.15) is 0 Å². The van der Waals surface area contributed by atoms with E-state index in [1.165, 1.54) is 250 Å². The topological polar surface area (TPSA) is 118 Å². The predicted molar refractivity (Wildman–Crippen MR) is 262 cm³/mol. The first-order valence-electron chi connectivity index (χ1n) is 26.9. The summed E-state index contributed by atoms with van der Waals surface area (Å²) in [4.78, 5) is 30.8. The van der Waals surface area contributed by atoms with Crippen LogP contribution in [-0.2, 0) is 14.4 Å². The van der Waals surface area contributed by atoms with E-state index in [0.29, 0.717) is 6.42 Å². The molecular weight excluding hydrogens is 785 g/mol. The van der Waals surface area contributed by atoms with Gasteiger partial charge in [0.15, 0.2) is 0 Å². The molecule has 0 aliphatic carbocycles. The van der Waals surface area contributed by atoms with Crippen LogP contribution in [0.4, 0.5) is 0 Å². The summed E-state index contributed by atoms with van der Waals surface area (Å²) in [5.41, 5.74) is 0. The van der Waals surface area contributed by atoms with Gasteiger partial charge in [0.05, 0.1) is 0 Å². The molecule has 0 radical (unpaired) electrons. The third kappa shape index (κ3) is 77.3. The van der Waals surface area contributed by atoms with Gasteiger partial charge in [0.2, 0.25) is 0 Å². The molecule has 0 aliphatic rings. The van der Waals surface area contributed by atoms with Gasteiger partial charge in [-0.15, -0.1) is 0 Å². The zero-order chi connectivity index (χ0) is 44.7. The van der Waals surface area contributed by atoms with Crippen molar-refractivity contribution in [1.82, 2.24) is 0 Å². The molecule has 0 atom stereocenters. The molecule has 0 fully saturated rings. The fourth-order valence-corrected chi connectivity index (χ4v) is 7.93. The number of hydrogen-bond acceptors (Lipinski definition) is 5. The number of carbonyl (C=O) groups is 3. The zero-order valence-corrected chi connectivity index (χ0v) is 43.8. The average molecular weight is 892 g/mol. The van der Waals surface area contributed by atoms with Crippen LogP contribution in [-0.4, -0.2) is 60.8 Å². The Labute approximate surface area is 411 Å². The van der Waals surface area contributed by atoms with Gasteiger partial charge in [-0.2, -0.15) is 0 Å². The van der Waals surface area contributed by atoms with Crippen molar-refractivity contribution in [3.8, 4) is 0 Å². The van der Waals surface area contributed by atoms with Crippen molar-refractivity contribution in [2.75, 3.05) is 0 Å². The minimum Gasteiger partial charge on any atom is -0.550 e. The van der Waals surface area contributed by atoms with Crippen LogP contribution in [0.3, 0.4) is 0 Å². The summed E-state index contributed by atoms with van der Waals surface area (Å²) in [6.45, 7) is 6.80. The van der Waals surface area contributed by atoms with E-state index >= 15 is 0 Å². The van der Waals surface area contributed by atoms with E-state index in [1.807, 2.05) is 0 Å². The summed E-state index contributed by atoms with van der Waals surface area (Å²) in [5, 5.41) is 29.0. The maximum atomic E-state index is 10.3. The molecule has 0 aromatic heterocycles. The Morgan fingerprint density at radius 3 is 0.525 bits per heavy atom. The molecule has 0 saturated heterocycles. The van der Waals surface area contributed by atoms with E-state index < -0.39 is 17.9 Å². The number of rotatable bonds is 48. The van der Waals surface area contributed by atoms with Crippen LogP contribution in [0.25, 0.3) is 0 Å². The smallest absolute Gasteiger partial charge is 0.550 e. The second kappa shape index (κ2) is 64.0. The van der Waals surface area contributed by atoms with E-state index in [1.54, 1.807) is 0 Å². The summed E-state index contributed by atoms with van der Waals surface area (Å²) < 4.78 is 0. The van der Waals surface area contributed by atoms with Gasteiger partial charge >= 0.3 is 43.7 Å². The van der Waals surface area contributed by atoms with Crippen molar-refractivity contribution in [3.63, 3.8) is 0 Å². The van der Waals surface area contributed by atoms with Crippen LogP contribution in [0.5, 0.6) is 0 Å². The van der Waals surface area contributed by atoms with Crippen molar-refractivity contribution in [1.29, 1.82) is 0 Å². The van der Waals surface area contributed by atoms with E-state index in [-0.39, 0.29) is 50.6 Å². The van der Waals surface area contributed by atoms with E-state index in [0.717, 1.165) is 38.5 Å². The minimum absolute atomic E-state index is 0. The molecule has 0 bridgehead atoms. The van der Waals surface area contributed by atoms with Crippen LogP contribution >= 0.6 is 0 Å². The Bertz CT molecular complexity index is 717. The average Bonchev–Trinajstić information content (AvgIpc) is 3.22. The fraction of sp³-hybridized carbons (Fsp3) is 0.944. The number of unbranched alkanes of at least 4 members (excludes halogenated alkanes) is 42. The number of aliphatic carboxylic acids is 3. The Kier molecular flexibility index (Phi) is 70.5. The third-order valence-electron chi connectivity index (χ3n) is 12.0. The normalized spacial score (nSPS) is 10.7. The maximum absolute atomic E-state index is 10.3. The Hall–Kier alpha value is -0.330. The second-order valence-corrected chi connectivity index (χ2v) is 18.2. The molecule has 7 heteroatoms. The van der Waals surface area contributed by atoms with Gasteiger partial charge in [0, 0.05) is 18.4 Å². The van der Waals surface area contributed by atoms with Crippen LogP contribution in [0.15, 0.2) is 0 Å². The first-order valence-corrected chi connectivity index (χ1v) is 26.9. The predicted octanol–water partition coefficient (Wildman–Crippen LogP) is 15.9. The van der Waals surface area contributed by atoms with Gasteiger partial charge in [-0.05, 0) is 32.1 Å². The number of carboxylic acid groups (broad SMARTS) is 3. The summed E-state index contributed by atoms with van der Waals surface area (Å²) in [6, 6.07) is 0. The van der Waals surface area contributed by atoms with Crippen LogP contribution < -0.4 is 10.2 Å². The van der Waals surface area contributed by atoms with Gasteiger partial charge in [-0.25, -0.2) is 0 Å². The summed E-state index contributed by atoms with van der Waals surface area (Å²) >= 11 is 0. The Morgan fingerprint density at radius 1 is 0.262 bits per heavy atom. The van der Waals surface area contributed by atoms with Gasteiger partial charge in [0.25, 0.3) is 0 Å². The minimum atomic E-state index is -0.903. The van der Waals surface area contributed by atoms with E-state index in [4.69, 9.17) is 5.11 Å². The number of carbonyl (C=O) groups excluding carboxylic acids is 2. The molecular formula is C54H106CaO6. The summed E-state index contributed by atoms with van der Waals surface area (Å²) in [5.74, 6) is -2.46. The molecule has 61 heavy (non-hydrogen) atoms. The fourth-order valence-electron chi connectivity index (χ4n) is 7.93. The first kappa shape index (κ1) is 67.3. The van der Waals surface area contributed by atoms with Crippen molar-refractivity contribution in [2.24, 2.45) is 0 Å². The SMILES string of the molecule is CCCCCCCCCCCCCCCCCC(=O)O.CCCCCCCCCCCCCCCCCC(=O)[O-].CCCCCCCCCCCCCCCCCC(=O)[O-].[Ca+2]. The van der Waals surface area contributed by atoms with Crippen LogP contribution in [0.1, 0.15) is 329 Å². The number of carboxylic acids is 3. The molecule has 360 valence electrons. The quantitative estimate of drug-likeness (QED) is 0.0480. The van der Waals surface area contributed by atoms with Crippen molar-refractivity contribution < 1.29 is 29.7 Å². The molecule has 0 aromatic carbocycles. The Morgan fingerprint density at radius 2 is 0.393 bits per heavy atom. The molecule has 0 aliphatic heterocycles. The molecule has 0 amide bonds. The van der Waals surface area contributed by atoms with E-state index in [9.17, 15) is 24.6 Å². The Balaban J connectivity index is -0.000000396. The largest absolute Gasteiger partial charge is 2.00 e. The maximum Gasteiger partial charge on any atom is 2.00 e. The van der Waals surface area contributed by atoms with Crippen molar-refractivity contribution in [2.45, 2.75) is 329 Å². The zero-order valence-electron chi connectivity index (χ0n) is 41.6. The van der Waals surface area contributed by atoms with Gasteiger partial charge in [-0.3, -0.25) is 4.79 Å². The number of hydrogen-bond donors (Lipinski definition) is 1. The molecule has 0 spiro atoms. The van der Waals surface area contributed by atoms with Gasteiger partial charge < -0.3 is 24.9 Å². The standard InChI is InChI=1S/3C18H36O2.Ca/c3*1-2-3-4-5-6-7-8-9-10-11-12-13-14-15-16-17-18(19)20;/h3*2-17H2,1H3,(H,19,20);/q;;;+2/p-2. The van der Waals surface area contributed by atoms with Crippen LogP contribution in [0, 0.1) is 0 Å². The van der Waals surface area contributed by atoms with Gasteiger partial charge in [-0.1, -0.05) is 290 Å². The molecule has 0 saturated carbocycles. The second-order valence-electron chi connectivity index (χ2n) is 18.2. The molecule has 0 heterocycles. The first-order chi connectivity index (χ1) is 29.3. The molecule has 6 nitrogen and oxygen atoms in total. The molecule has 0 aromatic rings. The molecule has 0 rings (SSSR count).